The van der Waals surface area contributed by atoms with Gasteiger partial charge in [-0.05, 0) is 47.7 Å². The van der Waals surface area contributed by atoms with Gasteiger partial charge in [0, 0.05) is 23.4 Å². The van der Waals surface area contributed by atoms with Gasteiger partial charge in [0.2, 0.25) is 0 Å². The lowest BCUT2D eigenvalue weighted by Crippen LogP contribution is -2.41. The van der Waals surface area contributed by atoms with Crippen molar-refractivity contribution in [2.75, 3.05) is 0 Å². The van der Waals surface area contributed by atoms with Gasteiger partial charge in [-0.1, -0.05) is 11.6 Å². The Morgan fingerprint density at radius 3 is 2.80 bits per heavy atom. The molecule has 0 unspecified atom stereocenters. The number of aromatic hydroxyl groups is 2. The van der Waals surface area contributed by atoms with Gasteiger partial charge >= 0.3 is 0 Å². The third kappa shape index (κ3) is 1.75. The van der Waals surface area contributed by atoms with Crippen LogP contribution in [0.3, 0.4) is 0 Å². The molecule has 0 spiro atoms. The predicted octanol–water partition coefficient (Wildman–Crippen LogP) is 3.36. The first-order valence-electron chi connectivity index (χ1n) is 6.69. The fourth-order valence-electron chi connectivity index (χ4n) is 3.43. The van der Waals surface area contributed by atoms with E-state index < -0.39 is 0 Å². The number of nitrogens with one attached hydrogen (secondary N) is 1. The van der Waals surface area contributed by atoms with Crippen molar-refractivity contribution in [2.45, 2.75) is 31.3 Å². The van der Waals surface area contributed by atoms with Crippen LogP contribution in [0.1, 0.15) is 33.9 Å². The highest BCUT2D eigenvalue weighted by Crippen LogP contribution is 2.47. The second-order valence-corrected chi connectivity index (χ2v) is 7.20. The van der Waals surface area contributed by atoms with Crippen LogP contribution in [0.2, 0.25) is 4.34 Å². The molecule has 0 fully saturated rings. The summed E-state index contributed by atoms with van der Waals surface area (Å²) in [7, 11) is 0. The first kappa shape index (κ1) is 12.5. The molecule has 0 saturated heterocycles. The Balaban J connectivity index is 1.91. The Bertz CT molecular complexity index is 697. The Hall–Kier alpha value is -1.23. The molecule has 1 aliphatic carbocycles. The number of rotatable bonds is 0. The average molecular weight is 308 g/mol. The SMILES string of the molecule is Oc1cc2c(cc1O)[C@@H]1c3sc(Cl)cc3CN[C@H]1CC2. The summed E-state index contributed by atoms with van der Waals surface area (Å²) >= 11 is 7.80. The summed E-state index contributed by atoms with van der Waals surface area (Å²) in [6.07, 6.45) is 1.96. The molecule has 1 aromatic heterocycles. The zero-order chi connectivity index (χ0) is 13.9. The number of benzene rings is 1. The summed E-state index contributed by atoms with van der Waals surface area (Å²) < 4.78 is 0.813. The minimum absolute atomic E-state index is 0.0320. The van der Waals surface area contributed by atoms with E-state index in [9.17, 15) is 10.2 Å². The number of phenols is 2. The smallest absolute Gasteiger partial charge is 0.157 e. The standard InChI is InChI=1S/C15H14ClNO2S/c16-13-4-8-6-17-10-2-1-7-3-11(18)12(19)5-9(7)14(10)15(8)20-13/h3-5,10,14,17-19H,1-2,6H2/t10-,14-/m0/s1. The summed E-state index contributed by atoms with van der Waals surface area (Å²) in [6, 6.07) is 5.82. The van der Waals surface area contributed by atoms with E-state index in [0.29, 0.717) is 6.04 Å². The van der Waals surface area contributed by atoms with Crippen molar-refractivity contribution in [1.82, 2.24) is 5.32 Å². The monoisotopic (exact) mass is 307 g/mol. The second kappa shape index (κ2) is 4.38. The largest absolute Gasteiger partial charge is 0.504 e. The molecule has 2 aromatic rings. The van der Waals surface area contributed by atoms with E-state index in [-0.39, 0.29) is 17.4 Å². The van der Waals surface area contributed by atoms with Gasteiger partial charge in [0.15, 0.2) is 11.5 Å². The predicted molar refractivity (Wildman–Crippen MR) is 79.9 cm³/mol. The van der Waals surface area contributed by atoms with Crippen LogP contribution >= 0.6 is 22.9 Å². The number of fused-ring (bicyclic) bond motifs is 5. The molecule has 0 saturated carbocycles. The number of phenolic OH excluding ortho intramolecular Hbond substituents is 2. The molecule has 3 nitrogen and oxygen atoms in total. The van der Waals surface area contributed by atoms with Crippen LogP contribution in [0, 0.1) is 0 Å². The first-order chi connectivity index (χ1) is 9.63. The highest BCUT2D eigenvalue weighted by Gasteiger charge is 2.36. The van der Waals surface area contributed by atoms with Gasteiger partial charge in [0.25, 0.3) is 0 Å². The summed E-state index contributed by atoms with van der Waals surface area (Å²) in [5.41, 5.74) is 3.49. The van der Waals surface area contributed by atoms with E-state index in [0.717, 1.165) is 34.8 Å². The fourth-order valence-corrected chi connectivity index (χ4v) is 4.90. The average Bonchev–Trinajstić information content (AvgIpc) is 2.80. The van der Waals surface area contributed by atoms with Crippen molar-refractivity contribution in [2.24, 2.45) is 0 Å². The normalized spacial score (nSPS) is 23.9. The van der Waals surface area contributed by atoms with Crippen molar-refractivity contribution in [3.8, 4) is 11.5 Å². The van der Waals surface area contributed by atoms with Gasteiger partial charge in [-0.3, -0.25) is 0 Å². The summed E-state index contributed by atoms with van der Waals surface area (Å²) in [5.74, 6) is 0.154. The number of aryl methyl sites for hydroxylation is 1. The Morgan fingerprint density at radius 2 is 1.95 bits per heavy atom. The molecule has 4 rings (SSSR count). The lowest BCUT2D eigenvalue weighted by atomic mass is 9.75. The van der Waals surface area contributed by atoms with E-state index in [1.807, 2.05) is 6.07 Å². The zero-order valence-electron chi connectivity index (χ0n) is 10.7. The van der Waals surface area contributed by atoms with Crippen LogP contribution in [-0.2, 0) is 13.0 Å². The van der Waals surface area contributed by atoms with E-state index in [4.69, 9.17) is 11.6 Å². The summed E-state index contributed by atoms with van der Waals surface area (Å²) in [4.78, 5) is 1.30. The van der Waals surface area contributed by atoms with Crippen LogP contribution in [0.25, 0.3) is 0 Å². The molecular formula is C15H14ClNO2S. The first-order valence-corrected chi connectivity index (χ1v) is 7.89. The lowest BCUT2D eigenvalue weighted by Gasteiger charge is -2.38. The number of hydrogen-bond acceptors (Lipinski definition) is 4. The van der Waals surface area contributed by atoms with Gasteiger partial charge < -0.3 is 15.5 Å². The lowest BCUT2D eigenvalue weighted by molar-refractivity contribution is 0.383. The second-order valence-electron chi connectivity index (χ2n) is 5.48. The van der Waals surface area contributed by atoms with E-state index >= 15 is 0 Å². The molecule has 5 heteroatoms. The van der Waals surface area contributed by atoms with Crippen LogP contribution in [-0.4, -0.2) is 16.3 Å². The van der Waals surface area contributed by atoms with Crippen LogP contribution in [0.15, 0.2) is 18.2 Å². The van der Waals surface area contributed by atoms with Crippen molar-refractivity contribution < 1.29 is 10.2 Å². The number of hydrogen-bond donors (Lipinski definition) is 3. The highest BCUT2D eigenvalue weighted by atomic mass is 35.5. The van der Waals surface area contributed by atoms with Gasteiger partial charge in [0.1, 0.15) is 0 Å². The quantitative estimate of drug-likeness (QED) is 0.654. The zero-order valence-corrected chi connectivity index (χ0v) is 12.3. The van der Waals surface area contributed by atoms with Crippen molar-refractivity contribution in [3.05, 3.63) is 44.1 Å². The van der Waals surface area contributed by atoms with E-state index in [1.54, 1.807) is 23.5 Å². The van der Waals surface area contributed by atoms with Crippen LogP contribution < -0.4 is 5.32 Å². The molecule has 2 atom stereocenters. The molecule has 0 radical (unpaired) electrons. The third-order valence-electron chi connectivity index (χ3n) is 4.35. The molecule has 0 bridgehead atoms. The number of thiophene rings is 1. The van der Waals surface area contributed by atoms with Crippen LogP contribution in [0.5, 0.6) is 11.5 Å². The topological polar surface area (TPSA) is 52.5 Å². The van der Waals surface area contributed by atoms with Gasteiger partial charge in [-0.2, -0.15) is 0 Å². The van der Waals surface area contributed by atoms with Crippen molar-refractivity contribution in [1.29, 1.82) is 0 Å². The molecule has 2 aliphatic rings. The molecule has 2 heterocycles. The molecule has 3 N–H and O–H groups in total. The fraction of sp³-hybridized carbons (Fsp3) is 0.333. The Kier molecular flexibility index (Phi) is 2.74. The molecule has 0 amide bonds. The number of halogens is 1. The molecular weight excluding hydrogens is 294 g/mol. The van der Waals surface area contributed by atoms with E-state index in [2.05, 4.69) is 5.32 Å². The van der Waals surface area contributed by atoms with Crippen LogP contribution in [0.4, 0.5) is 0 Å². The molecule has 104 valence electrons. The van der Waals surface area contributed by atoms with Gasteiger partial charge in [-0.15, -0.1) is 11.3 Å². The van der Waals surface area contributed by atoms with E-state index in [1.165, 1.54) is 10.4 Å². The Morgan fingerprint density at radius 1 is 1.15 bits per heavy atom. The van der Waals surface area contributed by atoms with Crippen molar-refractivity contribution in [3.63, 3.8) is 0 Å². The van der Waals surface area contributed by atoms with Gasteiger partial charge in [-0.25, -0.2) is 0 Å². The molecule has 1 aromatic carbocycles. The maximum absolute atomic E-state index is 9.83. The Labute approximate surface area is 125 Å². The van der Waals surface area contributed by atoms with Crippen molar-refractivity contribution >= 4 is 22.9 Å². The summed E-state index contributed by atoms with van der Waals surface area (Å²) in [6.45, 7) is 0.860. The minimum Gasteiger partial charge on any atom is -0.504 e. The third-order valence-corrected chi connectivity index (χ3v) is 5.74. The summed E-state index contributed by atoms with van der Waals surface area (Å²) in [5, 5.41) is 23.1. The highest BCUT2D eigenvalue weighted by molar-refractivity contribution is 7.16. The minimum atomic E-state index is -0.0424. The van der Waals surface area contributed by atoms with Gasteiger partial charge in [0.05, 0.1) is 4.34 Å². The molecule has 1 aliphatic heterocycles. The maximum Gasteiger partial charge on any atom is 0.157 e. The maximum atomic E-state index is 9.83. The molecule has 20 heavy (non-hydrogen) atoms.